The maximum absolute atomic E-state index is 12.2. The summed E-state index contributed by atoms with van der Waals surface area (Å²) >= 11 is 0. The Kier molecular flexibility index (Phi) is 3.61. The summed E-state index contributed by atoms with van der Waals surface area (Å²) < 4.78 is 36.6. The van der Waals surface area contributed by atoms with Crippen LogP contribution in [-0.4, -0.2) is 53.1 Å². The molecular formula is C11H13F3N2O4. The summed E-state index contributed by atoms with van der Waals surface area (Å²) in [4.78, 5) is 34.6. The second kappa shape index (κ2) is 4.95. The molecular weight excluding hydrogens is 281 g/mol. The smallest absolute Gasteiger partial charge is 0.406 e. The van der Waals surface area contributed by atoms with Crippen LogP contribution in [0.15, 0.2) is 0 Å². The first-order valence-electron chi connectivity index (χ1n) is 6.08. The van der Waals surface area contributed by atoms with Gasteiger partial charge in [0.1, 0.15) is 12.6 Å². The number of aliphatic carboxylic acids is 1. The molecule has 1 saturated heterocycles. The number of carbonyl (C=O) groups is 3. The molecule has 2 fully saturated rings. The zero-order chi connectivity index (χ0) is 15.1. The summed E-state index contributed by atoms with van der Waals surface area (Å²) in [6.45, 7) is -1.41. The number of nitrogens with zero attached hydrogens (tertiary/aromatic N) is 1. The summed E-state index contributed by atoms with van der Waals surface area (Å²) in [6.07, 6.45) is -4.17. The van der Waals surface area contributed by atoms with Crippen molar-refractivity contribution in [1.82, 2.24) is 10.2 Å². The number of alkyl halides is 3. The van der Waals surface area contributed by atoms with E-state index in [1.807, 2.05) is 0 Å². The molecule has 0 aromatic rings. The van der Waals surface area contributed by atoms with E-state index in [0.29, 0.717) is 4.90 Å². The van der Waals surface area contributed by atoms with E-state index < -0.39 is 48.4 Å². The minimum absolute atomic E-state index is 0.0731. The third-order valence-electron chi connectivity index (χ3n) is 3.43. The first-order chi connectivity index (χ1) is 9.19. The Morgan fingerprint density at radius 1 is 1.35 bits per heavy atom. The van der Waals surface area contributed by atoms with Gasteiger partial charge in [-0.3, -0.25) is 14.4 Å². The van der Waals surface area contributed by atoms with E-state index in [1.54, 1.807) is 0 Å². The van der Waals surface area contributed by atoms with Crippen LogP contribution < -0.4 is 5.32 Å². The number of halogens is 3. The van der Waals surface area contributed by atoms with E-state index in [1.165, 1.54) is 0 Å². The minimum Gasteiger partial charge on any atom is -0.481 e. The fourth-order valence-corrected chi connectivity index (χ4v) is 2.28. The first kappa shape index (κ1) is 14.6. The summed E-state index contributed by atoms with van der Waals surface area (Å²) in [5, 5.41) is 11.0. The first-order valence-corrected chi connectivity index (χ1v) is 6.08. The summed E-state index contributed by atoms with van der Waals surface area (Å²) in [7, 11) is 0. The highest BCUT2D eigenvalue weighted by atomic mass is 19.4. The number of carboxylic acid groups (broad SMARTS) is 1. The number of carboxylic acids is 1. The van der Waals surface area contributed by atoms with Crippen LogP contribution in [0.25, 0.3) is 0 Å². The molecule has 0 aromatic carbocycles. The highest BCUT2D eigenvalue weighted by Crippen LogP contribution is 2.38. The molecule has 0 bridgehead atoms. The lowest BCUT2D eigenvalue weighted by atomic mass is 10.2. The van der Waals surface area contributed by atoms with Gasteiger partial charge in [0.05, 0.1) is 11.8 Å². The monoisotopic (exact) mass is 294 g/mol. The van der Waals surface area contributed by atoms with Gasteiger partial charge in [-0.25, -0.2) is 0 Å². The largest absolute Gasteiger partial charge is 0.481 e. The third-order valence-corrected chi connectivity index (χ3v) is 3.43. The van der Waals surface area contributed by atoms with E-state index in [-0.39, 0.29) is 19.4 Å². The lowest BCUT2D eigenvalue weighted by molar-refractivity contribution is -0.158. The summed E-state index contributed by atoms with van der Waals surface area (Å²) in [5.74, 6) is -3.87. The maximum atomic E-state index is 12.2. The van der Waals surface area contributed by atoms with Crippen molar-refractivity contribution in [3.05, 3.63) is 0 Å². The van der Waals surface area contributed by atoms with Crippen molar-refractivity contribution in [2.75, 3.05) is 13.1 Å². The van der Waals surface area contributed by atoms with Crippen LogP contribution in [0.1, 0.15) is 12.8 Å². The molecule has 3 atom stereocenters. The molecule has 3 unspecified atom stereocenters. The van der Waals surface area contributed by atoms with Crippen molar-refractivity contribution >= 4 is 17.8 Å². The van der Waals surface area contributed by atoms with Crippen molar-refractivity contribution in [3.8, 4) is 0 Å². The molecule has 112 valence electrons. The summed E-state index contributed by atoms with van der Waals surface area (Å²) in [6, 6.07) is -0.986. The van der Waals surface area contributed by atoms with E-state index >= 15 is 0 Å². The Hall–Kier alpha value is -1.80. The molecule has 2 rings (SSSR count). The second-order valence-electron chi connectivity index (χ2n) is 5.01. The number of likely N-dealkylation sites (tertiary alicyclic amines) is 1. The molecule has 1 aliphatic heterocycles. The Bertz CT molecular complexity index is 451. The van der Waals surface area contributed by atoms with Crippen molar-refractivity contribution in [2.45, 2.75) is 25.1 Å². The molecule has 1 heterocycles. The SMILES string of the molecule is O=C(O)C1CC1C(=O)NC1CCN(CC(F)(F)F)C1=O. The van der Waals surface area contributed by atoms with Crippen LogP contribution in [0, 0.1) is 11.8 Å². The normalized spacial score (nSPS) is 29.4. The number of carbonyl (C=O) groups excluding carboxylic acids is 2. The van der Waals surface area contributed by atoms with Crippen LogP contribution in [0.3, 0.4) is 0 Å². The molecule has 2 amide bonds. The van der Waals surface area contributed by atoms with Gasteiger partial charge in [0.25, 0.3) is 0 Å². The van der Waals surface area contributed by atoms with Gasteiger partial charge in [0.15, 0.2) is 0 Å². The molecule has 0 spiro atoms. The van der Waals surface area contributed by atoms with Gasteiger partial charge in [-0.1, -0.05) is 0 Å². The van der Waals surface area contributed by atoms with Gasteiger partial charge >= 0.3 is 12.1 Å². The van der Waals surface area contributed by atoms with E-state index in [0.717, 1.165) is 0 Å². The molecule has 1 saturated carbocycles. The van der Waals surface area contributed by atoms with Crippen LogP contribution in [0.5, 0.6) is 0 Å². The van der Waals surface area contributed by atoms with Gasteiger partial charge in [-0.2, -0.15) is 13.2 Å². The predicted molar refractivity (Wildman–Crippen MR) is 58.4 cm³/mol. The number of hydrogen-bond donors (Lipinski definition) is 2. The van der Waals surface area contributed by atoms with Crippen LogP contribution in [-0.2, 0) is 14.4 Å². The Morgan fingerprint density at radius 2 is 2.00 bits per heavy atom. The van der Waals surface area contributed by atoms with Crippen LogP contribution in [0.4, 0.5) is 13.2 Å². The van der Waals surface area contributed by atoms with Gasteiger partial charge in [-0.15, -0.1) is 0 Å². The number of rotatable bonds is 4. The van der Waals surface area contributed by atoms with Crippen LogP contribution in [0.2, 0.25) is 0 Å². The zero-order valence-electron chi connectivity index (χ0n) is 10.3. The van der Waals surface area contributed by atoms with Crippen molar-refractivity contribution in [3.63, 3.8) is 0 Å². The van der Waals surface area contributed by atoms with Crippen LogP contribution >= 0.6 is 0 Å². The fourth-order valence-electron chi connectivity index (χ4n) is 2.28. The number of nitrogens with one attached hydrogen (secondary N) is 1. The minimum atomic E-state index is -4.47. The van der Waals surface area contributed by atoms with E-state index in [4.69, 9.17) is 5.11 Å². The number of hydrogen-bond acceptors (Lipinski definition) is 3. The lowest BCUT2D eigenvalue weighted by Crippen LogP contribution is -2.44. The molecule has 1 aliphatic carbocycles. The van der Waals surface area contributed by atoms with Gasteiger partial charge in [0, 0.05) is 6.54 Å². The molecule has 9 heteroatoms. The Morgan fingerprint density at radius 3 is 2.50 bits per heavy atom. The van der Waals surface area contributed by atoms with Gasteiger partial charge in [0.2, 0.25) is 11.8 Å². The molecule has 6 nitrogen and oxygen atoms in total. The average Bonchev–Trinajstić information content (AvgIpc) is 3.04. The zero-order valence-corrected chi connectivity index (χ0v) is 10.3. The maximum Gasteiger partial charge on any atom is 0.406 e. The molecule has 2 N–H and O–H groups in total. The summed E-state index contributed by atoms with van der Waals surface area (Å²) in [5.41, 5.74) is 0. The lowest BCUT2D eigenvalue weighted by Gasteiger charge is -2.18. The van der Waals surface area contributed by atoms with E-state index in [9.17, 15) is 27.6 Å². The predicted octanol–water partition coefficient (Wildman–Crippen LogP) is -0.0135. The highest BCUT2D eigenvalue weighted by Gasteiger charge is 2.49. The Balaban J connectivity index is 1.85. The molecule has 2 aliphatic rings. The quantitative estimate of drug-likeness (QED) is 0.763. The topological polar surface area (TPSA) is 86.7 Å². The van der Waals surface area contributed by atoms with Gasteiger partial charge in [-0.05, 0) is 12.8 Å². The number of amides is 2. The molecule has 20 heavy (non-hydrogen) atoms. The van der Waals surface area contributed by atoms with E-state index in [2.05, 4.69) is 5.32 Å². The average molecular weight is 294 g/mol. The van der Waals surface area contributed by atoms with Crippen molar-refractivity contribution in [2.24, 2.45) is 11.8 Å². The third kappa shape index (κ3) is 3.20. The van der Waals surface area contributed by atoms with Crippen molar-refractivity contribution in [1.29, 1.82) is 0 Å². The standard InChI is InChI=1S/C11H13F3N2O4/c12-11(13,14)4-16-2-1-7(9(16)18)15-8(17)5-3-6(5)10(19)20/h5-7H,1-4H2,(H,15,17)(H,19,20). The Labute approximate surface area is 111 Å². The fraction of sp³-hybridized carbons (Fsp3) is 0.727. The molecule has 0 aromatic heterocycles. The van der Waals surface area contributed by atoms with Gasteiger partial charge < -0.3 is 15.3 Å². The van der Waals surface area contributed by atoms with Crippen molar-refractivity contribution < 1.29 is 32.7 Å². The highest BCUT2D eigenvalue weighted by molar-refractivity contribution is 5.93. The second-order valence-corrected chi connectivity index (χ2v) is 5.01. The molecule has 0 radical (unpaired) electrons.